The summed E-state index contributed by atoms with van der Waals surface area (Å²) in [5.74, 6) is -2.41. The third kappa shape index (κ3) is 3.91. The van der Waals surface area contributed by atoms with Crippen LogP contribution in [-0.4, -0.2) is 55.5 Å². The summed E-state index contributed by atoms with van der Waals surface area (Å²) in [6.07, 6.45) is 3.76. The fourth-order valence-corrected chi connectivity index (χ4v) is 4.01. The highest BCUT2D eigenvalue weighted by molar-refractivity contribution is 5.68. The minimum Gasteiger partial charge on any atom is -0.444 e. The molecule has 4 rings (SSSR count). The molecule has 8 nitrogen and oxygen atoms in total. The van der Waals surface area contributed by atoms with E-state index in [1.165, 1.54) is 0 Å². The summed E-state index contributed by atoms with van der Waals surface area (Å²) in [7, 11) is 0. The second kappa shape index (κ2) is 7.02. The fourth-order valence-electron chi connectivity index (χ4n) is 4.01. The smallest absolute Gasteiger partial charge is 0.410 e. The van der Waals surface area contributed by atoms with Gasteiger partial charge in [-0.25, -0.2) is 13.6 Å². The molecule has 0 N–H and O–H groups in total. The third-order valence-electron chi connectivity index (χ3n) is 5.69. The first-order valence-electron chi connectivity index (χ1n) is 10.2. The Morgan fingerprint density at radius 3 is 2.47 bits per heavy atom. The lowest BCUT2D eigenvalue weighted by Crippen LogP contribution is -2.50. The van der Waals surface area contributed by atoms with Crippen LogP contribution >= 0.6 is 0 Å². The predicted octanol–water partition coefficient (Wildman–Crippen LogP) is 3.86. The van der Waals surface area contributed by atoms with Crippen molar-refractivity contribution in [3.8, 4) is 0 Å². The molecule has 2 aromatic rings. The van der Waals surface area contributed by atoms with Gasteiger partial charge in [-0.3, -0.25) is 4.68 Å². The Labute approximate surface area is 173 Å². The Hall–Kier alpha value is -2.52. The summed E-state index contributed by atoms with van der Waals surface area (Å²) in [6.45, 7) is 8.28. The van der Waals surface area contributed by atoms with Crippen molar-refractivity contribution in [2.75, 3.05) is 13.1 Å². The lowest BCUT2D eigenvalue weighted by molar-refractivity contribution is -0.0925. The number of rotatable bonds is 3. The molecule has 0 spiro atoms. The van der Waals surface area contributed by atoms with Crippen molar-refractivity contribution in [2.24, 2.45) is 0 Å². The van der Waals surface area contributed by atoms with Gasteiger partial charge in [-0.05, 0) is 46.1 Å². The number of aryl methyl sites for hydroxylation is 1. The van der Waals surface area contributed by atoms with E-state index >= 15 is 0 Å². The van der Waals surface area contributed by atoms with Gasteiger partial charge in [0.05, 0.1) is 6.20 Å². The maximum Gasteiger partial charge on any atom is 0.410 e. The molecule has 2 fully saturated rings. The molecule has 30 heavy (non-hydrogen) atoms. The van der Waals surface area contributed by atoms with Crippen molar-refractivity contribution in [3.63, 3.8) is 0 Å². The molecule has 0 atom stereocenters. The number of amides is 1. The van der Waals surface area contributed by atoms with Crippen LogP contribution in [0.2, 0.25) is 0 Å². The van der Waals surface area contributed by atoms with Crippen LogP contribution in [0.3, 0.4) is 0 Å². The van der Waals surface area contributed by atoms with Gasteiger partial charge < -0.3 is 14.2 Å². The largest absolute Gasteiger partial charge is 0.444 e. The highest BCUT2D eigenvalue weighted by atomic mass is 19.3. The summed E-state index contributed by atoms with van der Waals surface area (Å²) in [4.78, 5) is 18.6. The van der Waals surface area contributed by atoms with Crippen LogP contribution in [0, 0.1) is 6.92 Å². The van der Waals surface area contributed by atoms with Gasteiger partial charge in [0.15, 0.2) is 5.82 Å². The van der Waals surface area contributed by atoms with E-state index in [0.717, 1.165) is 5.56 Å². The van der Waals surface area contributed by atoms with Gasteiger partial charge in [0, 0.05) is 38.0 Å². The quantitative estimate of drug-likeness (QED) is 0.745. The zero-order valence-electron chi connectivity index (χ0n) is 17.7. The Bertz CT molecular complexity index is 917. The second-order valence-corrected chi connectivity index (χ2v) is 9.38. The van der Waals surface area contributed by atoms with Crippen molar-refractivity contribution in [2.45, 2.75) is 76.4 Å². The second-order valence-electron chi connectivity index (χ2n) is 9.38. The molecule has 1 saturated heterocycles. The van der Waals surface area contributed by atoms with E-state index < -0.39 is 23.0 Å². The number of hydrogen-bond donors (Lipinski definition) is 0. The van der Waals surface area contributed by atoms with E-state index in [1.54, 1.807) is 15.8 Å². The number of ether oxygens (including phenoxy) is 1. The number of likely N-dealkylation sites (tertiary alicyclic amines) is 1. The first-order valence-corrected chi connectivity index (χ1v) is 10.2. The van der Waals surface area contributed by atoms with Crippen molar-refractivity contribution in [1.29, 1.82) is 0 Å². The summed E-state index contributed by atoms with van der Waals surface area (Å²) in [6, 6.07) is 0. The van der Waals surface area contributed by atoms with Gasteiger partial charge in [0.25, 0.3) is 0 Å². The van der Waals surface area contributed by atoms with Gasteiger partial charge in [-0.15, -0.1) is 0 Å². The van der Waals surface area contributed by atoms with Gasteiger partial charge >= 0.3 is 6.09 Å². The predicted molar refractivity (Wildman–Crippen MR) is 102 cm³/mol. The van der Waals surface area contributed by atoms with Crippen molar-refractivity contribution in [1.82, 2.24) is 24.8 Å². The molecule has 0 aromatic carbocycles. The van der Waals surface area contributed by atoms with Crippen LogP contribution in [0.1, 0.15) is 69.7 Å². The highest BCUT2D eigenvalue weighted by Gasteiger charge is 2.50. The molecular weight excluding hydrogens is 396 g/mol. The highest BCUT2D eigenvalue weighted by Crippen LogP contribution is 2.48. The van der Waals surface area contributed by atoms with Crippen LogP contribution in [-0.2, 0) is 10.3 Å². The first kappa shape index (κ1) is 20.7. The monoisotopic (exact) mass is 423 g/mol. The lowest BCUT2D eigenvalue weighted by atomic mass is 9.81. The van der Waals surface area contributed by atoms with E-state index in [1.807, 2.05) is 33.9 Å². The van der Waals surface area contributed by atoms with Gasteiger partial charge in [-0.2, -0.15) is 10.1 Å². The average molecular weight is 423 g/mol. The number of hydrogen-bond acceptors (Lipinski definition) is 6. The van der Waals surface area contributed by atoms with Crippen molar-refractivity contribution in [3.05, 3.63) is 29.7 Å². The van der Waals surface area contributed by atoms with Crippen molar-refractivity contribution >= 4 is 6.09 Å². The molecule has 2 aromatic heterocycles. The molecule has 10 heteroatoms. The van der Waals surface area contributed by atoms with Gasteiger partial charge in [0.1, 0.15) is 11.1 Å². The fraction of sp³-hybridized carbons (Fsp3) is 0.700. The third-order valence-corrected chi connectivity index (χ3v) is 5.69. The molecule has 0 radical (unpaired) electrons. The normalized spacial score (nSPS) is 21.3. The summed E-state index contributed by atoms with van der Waals surface area (Å²) >= 11 is 0. The molecule has 3 heterocycles. The van der Waals surface area contributed by atoms with E-state index in [-0.39, 0.29) is 24.8 Å². The summed E-state index contributed by atoms with van der Waals surface area (Å²) in [5, 5.41) is 8.62. The molecule has 0 bridgehead atoms. The Kier molecular flexibility index (Phi) is 4.85. The molecular formula is C20H27F2N5O3. The number of carbonyl (C=O) groups excluding carboxylic acids is 1. The first-order chi connectivity index (χ1) is 14.0. The topological polar surface area (TPSA) is 86.3 Å². The lowest BCUT2D eigenvalue weighted by Gasteiger charge is -2.40. The number of halogens is 2. The summed E-state index contributed by atoms with van der Waals surface area (Å²) in [5.41, 5.74) is -0.301. The number of alkyl halides is 2. The van der Waals surface area contributed by atoms with Crippen LogP contribution in [0.5, 0.6) is 0 Å². The maximum absolute atomic E-state index is 13.3. The zero-order valence-corrected chi connectivity index (χ0v) is 17.7. The molecule has 1 amide bonds. The molecule has 1 aliphatic carbocycles. The van der Waals surface area contributed by atoms with Gasteiger partial charge in [-0.1, -0.05) is 5.16 Å². The summed E-state index contributed by atoms with van der Waals surface area (Å²) < 4.78 is 39.2. The van der Waals surface area contributed by atoms with Crippen molar-refractivity contribution < 1.29 is 22.8 Å². The molecule has 2 aliphatic rings. The van der Waals surface area contributed by atoms with Gasteiger partial charge in [0.2, 0.25) is 11.8 Å². The van der Waals surface area contributed by atoms with Crippen LogP contribution in [0.15, 0.2) is 16.9 Å². The molecule has 1 saturated carbocycles. The molecule has 1 aliphatic heterocycles. The van der Waals surface area contributed by atoms with E-state index in [9.17, 15) is 13.6 Å². The van der Waals surface area contributed by atoms with E-state index in [2.05, 4.69) is 15.2 Å². The zero-order chi connectivity index (χ0) is 21.7. The van der Waals surface area contributed by atoms with E-state index in [0.29, 0.717) is 31.8 Å². The number of carbonyl (C=O) groups is 1. The standard InChI is InChI=1S/C20H27F2N5O3/c1-13-11-23-27(12-13)19(5-7-26(8-6-19)17(28)29-18(2,3)4)16-24-15(30-25-16)14-9-20(21,22)10-14/h11-12,14H,5-10H2,1-4H3. The Morgan fingerprint density at radius 2 is 1.93 bits per heavy atom. The average Bonchev–Trinajstić information content (AvgIpc) is 3.28. The minimum absolute atomic E-state index is 0.244. The minimum atomic E-state index is -2.66. The van der Waals surface area contributed by atoms with E-state index in [4.69, 9.17) is 9.26 Å². The van der Waals surface area contributed by atoms with Crippen LogP contribution < -0.4 is 0 Å². The number of aromatic nitrogens is 4. The molecule has 0 unspecified atom stereocenters. The molecule has 164 valence electrons. The van der Waals surface area contributed by atoms with Crippen LogP contribution in [0.4, 0.5) is 13.6 Å². The number of nitrogens with zero attached hydrogens (tertiary/aromatic N) is 5. The Balaban J connectivity index is 1.57. The number of piperidine rings is 1. The Morgan fingerprint density at radius 1 is 1.27 bits per heavy atom. The SMILES string of the molecule is Cc1cnn(C2(c3noc(C4CC(F)(F)C4)n3)CCN(C(=O)OC(C)(C)C)CC2)c1. The van der Waals surface area contributed by atoms with Crippen LogP contribution in [0.25, 0.3) is 0 Å². The maximum atomic E-state index is 13.3.